The molecule has 2 heterocycles. The Hall–Kier alpha value is -3.72. The fraction of sp³-hybridized carbons (Fsp3) is 0.182. The number of ketones is 1. The van der Waals surface area contributed by atoms with E-state index in [2.05, 4.69) is 10.3 Å². The van der Waals surface area contributed by atoms with Crippen LogP contribution in [-0.2, 0) is 9.47 Å². The molecule has 31 heavy (non-hydrogen) atoms. The van der Waals surface area contributed by atoms with E-state index in [0.717, 1.165) is 0 Å². The van der Waals surface area contributed by atoms with E-state index in [4.69, 9.17) is 9.47 Å². The standard InChI is InChI=1S/C22H20N2O6S/c1-12-18(22(28)29-3)13(2)23-19(12)16(25)11-30-21(27)14-6-4-7-15(10-14)24-20(26)17-8-5-9-31-17/h4-10,23H,11H2,1-3H3,(H,24,26). The molecule has 0 saturated heterocycles. The second-order valence-corrected chi connectivity index (χ2v) is 7.58. The number of carbonyl (C=O) groups is 4. The van der Waals surface area contributed by atoms with Gasteiger partial charge in [0.05, 0.1) is 28.8 Å². The third kappa shape index (κ3) is 4.89. The van der Waals surface area contributed by atoms with Gasteiger partial charge in [0.15, 0.2) is 6.61 Å². The zero-order valence-corrected chi connectivity index (χ0v) is 17.9. The summed E-state index contributed by atoms with van der Waals surface area (Å²) in [4.78, 5) is 52.3. The third-order valence-electron chi connectivity index (χ3n) is 4.54. The summed E-state index contributed by atoms with van der Waals surface area (Å²) in [6.07, 6.45) is 0. The Morgan fingerprint density at radius 3 is 2.52 bits per heavy atom. The van der Waals surface area contributed by atoms with Crippen LogP contribution in [0.3, 0.4) is 0 Å². The molecule has 160 valence electrons. The summed E-state index contributed by atoms with van der Waals surface area (Å²) in [5.74, 6) is -2.03. The van der Waals surface area contributed by atoms with Gasteiger partial charge in [0.1, 0.15) is 0 Å². The van der Waals surface area contributed by atoms with Crippen LogP contribution in [0, 0.1) is 13.8 Å². The highest BCUT2D eigenvalue weighted by atomic mass is 32.1. The summed E-state index contributed by atoms with van der Waals surface area (Å²) < 4.78 is 9.86. The minimum atomic E-state index is -0.713. The Morgan fingerprint density at radius 1 is 1.06 bits per heavy atom. The van der Waals surface area contributed by atoms with Crippen molar-refractivity contribution >= 4 is 40.7 Å². The number of methoxy groups -OCH3 is 1. The van der Waals surface area contributed by atoms with Crippen LogP contribution in [0.4, 0.5) is 5.69 Å². The maximum absolute atomic E-state index is 12.5. The van der Waals surface area contributed by atoms with E-state index in [1.165, 1.54) is 30.6 Å². The lowest BCUT2D eigenvalue weighted by Crippen LogP contribution is -2.16. The van der Waals surface area contributed by atoms with Crippen LogP contribution in [0.1, 0.15) is 52.1 Å². The number of hydrogen-bond donors (Lipinski definition) is 2. The topological polar surface area (TPSA) is 115 Å². The molecule has 3 rings (SSSR count). The highest BCUT2D eigenvalue weighted by Gasteiger charge is 2.23. The molecule has 1 aromatic carbocycles. The van der Waals surface area contributed by atoms with Gasteiger partial charge >= 0.3 is 11.9 Å². The number of amides is 1. The summed E-state index contributed by atoms with van der Waals surface area (Å²) in [7, 11) is 1.26. The molecule has 0 aliphatic heterocycles. The number of aromatic nitrogens is 1. The van der Waals surface area contributed by atoms with E-state index in [0.29, 0.717) is 21.8 Å². The molecule has 0 radical (unpaired) electrons. The van der Waals surface area contributed by atoms with Crippen molar-refractivity contribution in [2.75, 3.05) is 19.0 Å². The molecule has 0 fully saturated rings. The van der Waals surface area contributed by atoms with E-state index in [1.54, 1.807) is 43.5 Å². The fourth-order valence-corrected chi connectivity index (χ4v) is 3.67. The van der Waals surface area contributed by atoms with Gasteiger partial charge in [-0.1, -0.05) is 12.1 Å². The van der Waals surface area contributed by atoms with Gasteiger partial charge in [0, 0.05) is 11.4 Å². The van der Waals surface area contributed by atoms with Gasteiger partial charge in [-0.2, -0.15) is 0 Å². The average Bonchev–Trinajstić information content (AvgIpc) is 3.40. The van der Waals surface area contributed by atoms with E-state index in [-0.39, 0.29) is 22.7 Å². The second-order valence-electron chi connectivity index (χ2n) is 6.63. The van der Waals surface area contributed by atoms with Crippen LogP contribution in [0.5, 0.6) is 0 Å². The first-order chi connectivity index (χ1) is 14.8. The van der Waals surface area contributed by atoms with Crippen molar-refractivity contribution in [2.45, 2.75) is 13.8 Å². The van der Waals surface area contributed by atoms with E-state index >= 15 is 0 Å². The van der Waals surface area contributed by atoms with Gasteiger partial charge in [0.2, 0.25) is 5.78 Å². The summed E-state index contributed by atoms with van der Waals surface area (Å²) in [6.45, 7) is 2.76. The number of thiophene rings is 1. The molecule has 0 bridgehead atoms. The van der Waals surface area contributed by atoms with E-state index in [9.17, 15) is 19.2 Å². The Bertz CT molecular complexity index is 1150. The molecule has 0 atom stereocenters. The van der Waals surface area contributed by atoms with Gasteiger partial charge in [-0.05, 0) is 49.1 Å². The van der Waals surface area contributed by atoms with Gasteiger partial charge in [0.25, 0.3) is 5.91 Å². The van der Waals surface area contributed by atoms with Gasteiger partial charge in [-0.15, -0.1) is 11.3 Å². The molecule has 0 aliphatic rings. The molecule has 3 aromatic rings. The molecule has 0 unspecified atom stereocenters. The predicted octanol–water partition coefficient (Wildman–Crippen LogP) is 3.77. The number of hydrogen-bond acceptors (Lipinski definition) is 7. The minimum absolute atomic E-state index is 0.183. The number of rotatable bonds is 7. The zero-order chi connectivity index (χ0) is 22.5. The first-order valence-corrected chi connectivity index (χ1v) is 10.1. The number of nitrogens with one attached hydrogen (secondary N) is 2. The number of Topliss-reactive ketones (excluding diaryl/α,β-unsaturated/α-hetero) is 1. The number of esters is 2. The number of carbonyl (C=O) groups excluding carboxylic acids is 4. The number of benzene rings is 1. The monoisotopic (exact) mass is 440 g/mol. The van der Waals surface area contributed by atoms with Crippen molar-refractivity contribution in [2.24, 2.45) is 0 Å². The Kier molecular flexibility index (Phi) is 6.66. The lowest BCUT2D eigenvalue weighted by atomic mass is 10.1. The summed E-state index contributed by atoms with van der Waals surface area (Å²) in [6, 6.07) is 9.70. The maximum atomic E-state index is 12.5. The molecule has 2 N–H and O–H groups in total. The van der Waals surface area contributed by atoms with Crippen LogP contribution in [0.15, 0.2) is 41.8 Å². The first kappa shape index (κ1) is 22.0. The minimum Gasteiger partial charge on any atom is -0.465 e. The molecule has 1 amide bonds. The van der Waals surface area contributed by atoms with Gasteiger partial charge in [-0.3, -0.25) is 9.59 Å². The molecule has 0 spiro atoms. The summed E-state index contributed by atoms with van der Waals surface area (Å²) in [5.41, 5.74) is 2.01. The average molecular weight is 440 g/mol. The fourth-order valence-electron chi connectivity index (χ4n) is 3.05. The molecule has 0 saturated carbocycles. The lowest BCUT2D eigenvalue weighted by molar-refractivity contribution is 0.0473. The first-order valence-electron chi connectivity index (χ1n) is 9.24. The smallest absolute Gasteiger partial charge is 0.339 e. The zero-order valence-electron chi connectivity index (χ0n) is 17.1. The van der Waals surface area contributed by atoms with Crippen LogP contribution in [0.25, 0.3) is 0 Å². The molecular weight excluding hydrogens is 420 g/mol. The van der Waals surface area contributed by atoms with E-state index in [1.807, 2.05) is 0 Å². The number of anilines is 1. The number of H-pyrrole nitrogens is 1. The molecule has 8 nitrogen and oxygen atoms in total. The normalized spacial score (nSPS) is 10.4. The van der Waals surface area contributed by atoms with Crippen LogP contribution in [-0.4, -0.2) is 42.3 Å². The SMILES string of the molecule is COC(=O)c1c(C)[nH]c(C(=O)COC(=O)c2cccc(NC(=O)c3cccs3)c2)c1C. The van der Waals surface area contributed by atoms with Gasteiger partial charge in [-0.25, -0.2) is 9.59 Å². The van der Waals surface area contributed by atoms with Crippen LogP contribution >= 0.6 is 11.3 Å². The summed E-state index contributed by atoms with van der Waals surface area (Å²) in [5, 5.41) is 4.50. The van der Waals surface area contributed by atoms with E-state index < -0.39 is 24.3 Å². The largest absolute Gasteiger partial charge is 0.465 e. The van der Waals surface area contributed by atoms with Crippen molar-refractivity contribution in [3.63, 3.8) is 0 Å². The van der Waals surface area contributed by atoms with Crippen molar-refractivity contribution < 1.29 is 28.7 Å². The Morgan fingerprint density at radius 2 is 1.84 bits per heavy atom. The maximum Gasteiger partial charge on any atom is 0.339 e. The van der Waals surface area contributed by atoms with Crippen LogP contribution < -0.4 is 5.32 Å². The third-order valence-corrected chi connectivity index (χ3v) is 5.41. The van der Waals surface area contributed by atoms with Crippen LogP contribution in [0.2, 0.25) is 0 Å². The molecule has 0 aliphatic carbocycles. The van der Waals surface area contributed by atoms with Crippen molar-refractivity contribution in [1.29, 1.82) is 0 Å². The highest BCUT2D eigenvalue weighted by Crippen LogP contribution is 2.20. The quantitative estimate of drug-likeness (QED) is 0.427. The molecule has 9 heteroatoms. The number of aromatic amines is 1. The second kappa shape index (κ2) is 9.40. The summed E-state index contributed by atoms with van der Waals surface area (Å²) >= 11 is 1.30. The van der Waals surface area contributed by atoms with Crippen molar-refractivity contribution in [3.05, 3.63) is 74.7 Å². The molecule has 2 aromatic heterocycles. The van der Waals surface area contributed by atoms with Gasteiger partial charge < -0.3 is 19.8 Å². The Labute approximate surface area is 182 Å². The van der Waals surface area contributed by atoms with Crippen molar-refractivity contribution in [1.82, 2.24) is 4.98 Å². The van der Waals surface area contributed by atoms with Crippen molar-refractivity contribution in [3.8, 4) is 0 Å². The number of ether oxygens (including phenoxy) is 2. The predicted molar refractivity (Wildman–Crippen MR) is 115 cm³/mol. The molecular formula is C22H20N2O6S. The Balaban J connectivity index is 1.65. The number of aryl methyl sites for hydroxylation is 1. The highest BCUT2D eigenvalue weighted by molar-refractivity contribution is 7.12. The lowest BCUT2D eigenvalue weighted by Gasteiger charge is -2.07.